The van der Waals surface area contributed by atoms with Gasteiger partial charge in [0.2, 0.25) is 5.91 Å². The molecule has 0 saturated heterocycles. The van der Waals surface area contributed by atoms with Crippen molar-refractivity contribution in [1.82, 2.24) is 0 Å². The molecule has 3 aromatic rings. The molecule has 26 heavy (non-hydrogen) atoms. The van der Waals surface area contributed by atoms with Crippen molar-refractivity contribution in [3.05, 3.63) is 101 Å². The maximum absolute atomic E-state index is 12.0. The minimum absolute atomic E-state index is 0.179. The topological polar surface area (TPSA) is 38.3 Å². The Kier molecular flexibility index (Phi) is 6.23. The molecule has 1 amide bonds. The van der Waals surface area contributed by atoms with E-state index in [0.717, 1.165) is 27.0 Å². The number of halogens is 1. The largest absolute Gasteiger partial charge is 0.489 e. The molecule has 0 aliphatic rings. The van der Waals surface area contributed by atoms with Crippen molar-refractivity contribution in [3.8, 4) is 5.75 Å². The molecule has 0 aliphatic carbocycles. The molecule has 4 heteroatoms. The van der Waals surface area contributed by atoms with Gasteiger partial charge >= 0.3 is 0 Å². The zero-order valence-electron chi connectivity index (χ0n) is 14.1. The van der Waals surface area contributed by atoms with E-state index in [4.69, 9.17) is 4.74 Å². The van der Waals surface area contributed by atoms with Crippen molar-refractivity contribution >= 4 is 33.6 Å². The Morgan fingerprint density at radius 2 is 1.62 bits per heavy atom. The third kappa shape index (κ3) is 5.33. The van der Waals surface area contributed by atoms with Gasteiger partial charge in [0.05, 0.1) is 5.69 Å². The monoisotopic (exact) mass is 407 g/mol. The molecule has 0 bridgehead atoms. The lowest BCUT2D eigenvalue weighted by Gasteiger charge is -2.06. The number of carbonyl (C=O) groups is 1. The van der Waals surface area contributed by atoms with Crippen LogP contribution in [0, 0.1) is 0 Å². The molecule has 0 saturated carbocycles. The summed E-state index contributed by atoms with van der Waals surface area (Å²) in [5.41, 5.74) is 2.80. The summed E-state index contributed by atoms with van der Waals surface area (Å²) in [4.78, 5) is 12.0. The number of ether oxygens (including phenoxy) is 1. The Hall–Kier alpha value is -2.85. The highest BCUT2D eigenvalue weighted by Gasteiger charge is 2.01. The zero-order valence-corrected chi connectivity index (χ0v) is 15.6. The van der Waals surface area contributed by atoms with Gasteiger partial charge in [-0.05, 0) is 57.4 Å². The zero-order chi connectivity index (χ0) is 18.2. The molecule has 0 radical (unpaired) electrons. The van der Waals surface area contributed by atoms with Gasteiger partial charge in [0.25, 0.3) is 0 Å². The van der Waals surface area contributed by atoms with E-state index in [1.54, 1.807) is 6.08 Å². The Labute approximate surface area is 161 Å². The van der Waals surface area contributed by atoms with Crippen molar-refractivity contribution in [1.29, 1.82) is 0 Å². The molecule has 0 aliphatic heterocycles. The van der Waals surface area contributed by atoms with Gasteiger partial charge in [-0.2, -0.15) is 0 Å². The second kappa shape index (κ2) is 9.02. The van der Waals surface area contributed by atoms with E-state index in [0.29, 0.717) is 6.61 Å². The lowest BCUT2D eigenvalue weighted by atomic mass is 10.2. The van der Waals surface area contributed by atoms with Crippen LogP contribution < -0.4 is 10.1 Å². The fraction of sp³-hybridized carbons (Fsp3) is 0.0455. The first kappa shape index (κ1) is 18.0. The molecule has 3 nitrogen and oxygen atoms in total. The molecule has 0 aromatic heterocycles. The molecule has 1 N–H and O–H groups in total. The second-order valence-electron chi connectivity index (χ2n) is 5.65. The normalized spacial score (nSPS) is 10.7. The van der Waals surface area contributed by atoms with E-state index in [2.05, 4.69) is 21.2 Å². The molecule has 0 spiro atoms. The van der Waals surface area contributed by atoms with E-state index in [1.807, 2.05) is 78.9 Å². The van der Waals surface area contributed by atoms with Crippen LogP contribution in [0.4, 0.5) is 5.69 Å². The Balaban J connectivity index is 1.54. The molecule has 130 valence electrons. The third-order valence-corrected chi connectivity index (χ3v) is 4.38. The van der Waals surface area contributed by atoms with Gasteiger partial charge in [-0.15, -0.1) is 0 Å². The first-order valence-electron chi connectivity index (χ1n) is 8.21. The van der Waals surface area contributed by atoms with Gasteiger partial charge in [-0.1, -0.05) is 54.6 Å². The maximum Gasteiger partial charge on any atom is 0.248 e. The summed E-state index contributed by atoms with van der Waals surface area (Å²) in [5.74, 6) is 0.616. The smallest absolute Gasteiger partial charge is 0.248 e. The average molecular weight is 408 g/mol. The van der Waals surface area contributed by atoms with Crippen molar-refractivity contribution in [2.24, 2.45) is 0 Å². The summed E-state index contributed by atoms with van der Waals surface area (Å²) in [7, 11) is 0. The molecule has 3 aromatic carbocycles. The van der Waals surface area contributed by atoms with Crippen molar-refractivity contribution in [3.63, 3.8) is 0 Å². The lowest BCUT2D eigenvalue weighted by Crippen LogP contribution is -2.07. The molecule has 3 rings (SSSR count). The Morgan fingerprint density at radius 3 is 2.35 bits per heavy atom. The van der Waals surface area contributed by atoms with Crippen molar-refractivity contribution < 1.29 is 9.53 Å². The summed E-state index contributed by atoms with van der Waals surface area (Å²) < 4.78 is 6.60. The second-order valence-corrected chi connectivity index (χ2v) is 6.50. The molecule has 0 heterocycles. The first-order valence-corrected chi connectivity index (χ1v) is 9.00. The number of carbonyl (C=O) groups excluding carboxylic acids is 1. The highest BCUT2D eigenvalue weighted by Crippen LogP contribution is 2.21. The Bertz CT molecular complexity index is 890. The van der Waals surface area contributed by atoms with Crippen LogP contribution in [0.3, 0.4) is 0 Å². The minimum atomic E-state index is -0.179. The summed E-state index contributed by atoms with van der Waals surface area (Å²) in [6.45, 7) is 0.532. The number of hydrogen-bond donors (Lipinski definition) is 1. The van der Waals surface area contributed by atoms with Crippen LogP contribution >= 0.6 is 15.9 Å². The number of nitrogens with one attached hydrogen (secondary N) is 1. The van der Waals surface area contributed by atoms with E-state index >= 15 is 0 Å². The molecular weight excluding hydrogens is 390 g/mol. The van der Waals surface area contributed by atoms with Gasteiger partial charge in [0.1, 0.15) is 12.4 Å². The molecule has 0 unspecified atom stereocenters. The maximum atomic E-state index is 12.0. The number of rotatable bonds is 6. The number of para-hydroxylation sites is 1. The molecule has 0 fully saturated rings. The first-order chi connectivity index (χ1) is 12.7. The molecule has 0 atom stereocenters. The van der Waals surface area contributed by atoms with E-state index < -0.39 is 0 Å². The van der Waals surface area contributed by atoms with Gasteiger partial charge in [-0.3, -0.25) is 4.79 Å². The fourth-order valence-corrected chi connectivity index (χ4v) is 2.71. The van der Waals surface area contributed by atoms with E-state index in [1.165, 1.54) is 6.08 Å². The summed E-state index contributed by atoms with van der Waals surface area (Å²) in [6, 6.07) is 25.2. The van der Waals surface area contributed by atoms with Gasteiger partial charge in [0.15, 0.2) is 0 Å². The van der Waals surface area contributed by atoms with Gasteiger partial charge in [0, 0.05) is 10.5 Å². The summed E-state index contributed by atoms with van der Waals surface area (Å²) in [6.07, 6.45) is 3.28. The average Bonchev–Trinajstić information content (AvgIpc) is 2.68. The number of amides is 1. The number of anilines is 1. The van der Waals surface area contributed by atoms with Crippen molar-refractivity contribution in [2.45, 2.75) is 6.61 Å². The van der Waals surface area contributed by atoms with Crippen LogP contribution in [0.1, 0.15) is 11.1 Å². The highest BCUT2D eigenvalue weighted by molar-refractivity contribution is 9.10. The van der Waals surface area contributed by atoms with Crippen LogP contribution in [0.25, 0.3) is 6.08 Å². The van der Waals surface area contributed by atoms with Crippen LogP contribution in [-0.4, -0.2) is 5.91 Å². The van der Waals surface area contributed by atoms with E-state index in [9.17, 15) is 4.79 Å². The Morgan fingerprint density at radius 1 is 0.923 bits per heavy atom. The lowest BCUT2D eigenvalue weighted by molar-refractivity contribution is -0.111. The fourth-order valence-electron chi connectivity index (χ4n) is 2.32. The predicted octanol–water partition coefficient (Wildman–Crippen LogP) is 5.68. The van der Waals surface area contributed by atoms with Crippen LogP contribution in [0.15, 0.2) is 89.4 Å². The van der Waals surface area contributed by atoms with E-state index in [-0.39, 0.29) is 5.91 Å². The summed E-state index contributed by atoms with van der Waals surface area (Å²) in [5, 5.41) is 2.83. The quantitative estimate of drug-likeness (QED) is 0.533. The highest BCUT2D eigenvalue weighted by atomic mass is 79.9. The number of hydrogen-bond acceptors (Lipinski definition) is 2. The summed E-state index contributed by atoms with van der Waals surface area (Å²) >= 11 is 3.41. The minimum Gasteiger partial charge on any atom is -0.489 e. The van der Waals surface area contributed by atoms with Gasteiger partial charge in [-0.25, -0.2) is 0 Å². The van der Waals surface area contributed by atoms with Gasteiger partial charge < -0.3 is 10.1 Å². The standard InChI is InChI=1S/C22H18BrNO2/c23-20-8-4-5-9-21(20)24-22(25)15-12-17-10-13-19(14-11-17)26-16-18-6-2-1-3-7-18/h1-15H,16H2,(H,24,25). The van der Waals surface area contributed by atoms with Crippen LogP contribution in [0.2, 0.25) is 0 Å². The molecular formula is C22H18BrNO2. The SMILES string of the molecule is O=C(C=Cc1ccc(OCc2ccccc2)cc1)Nc1ccccc1Br. The third-order valence-electron chi connectivity index (χ3n) is 3.69. The predicted molar refractivity (Wildman–Crippen MR) is 109 cm³/mol. The van der Waals surface area contributed by atoms with Crippen LogP contribution in [0.5, 0.6) is 5.75 Å². The number of benzene rings is 3. The van der Waals surface area contributed by atoms with Crippen molar-refractivity contribution in [2.75, 3.05) is 5.32 Å². The van der Waals surface area contributed by atoms with Crippen LogP contribution in [-0.2, 0) is 11.4 Å².